The summed E-state index contributed by atoms with van der Waals surface area (Å²) in [5.41, 5.74) is 1.05. The second-order valence-electron chi connectivity index (χ2n) is 6.03. The summed E-state index contributed by atoms with van der Waals surface area (Å²) >= 11 is 0. The minimum absolute atomic E-state index is 0.219. The van der Waals surface area contributed by atoms with E-state index < -0.39 is 0 Å². The number of hydrogen-bond acceptors (Lipinski definition) is 4. The summed E-state index contributed by atoms with van der Waals surface area (Å²) < 4.78 is 0. The summed E-state index contributed by atoms with van der Waals surface area (Å²) in [5, 5.41) is 4.12. The zero-order valence-corrected chi connectivity index (χ0v) is 13.4. The van der Waals surface area contributed by atoms with Crippen LogP contribution in [0.2, 0.25) is 0 Å². The summed E-state index contributed by atoms with van der Waals surface area (Å²) in [6.45, 7) is 2.82. The van der Waals surface area contributed by atoms with E-state index in [2.05, 4.69) is 10.0 Å². The Labute approximate surface area is 137 Å². The molecular weight excluding hydrogens is 290 g/mol. The Bertz CT molecular complexity index is 585. The molecule has 1 saturated heterocycles. The van der Waals surface area contributed by atoms with Gasteiger partial charge in [-0.2, -0.15) is 0 Å². The molecule has 0 spiro atoms. The summed E-state index contributed by atoms with van der Waals surface area (Å²) in [6, 6.07) is 10.1. The van der Waals surface area contributed by atoms with Crippen LogP contribution in [0.1, 0.15) is 25.7 Å². The van der Waals surface area contributed by atoms with E-state index in [1.807, 2.05) is 47.5 Å². The molecule has 1 aromatic carbocycles. The lowest BCUT2D eigenvalue weighted by atomic mass is 10.3. The Balaban J connectivity index is 1.64. The molecule has 0 atom stereocenters. The van der Waals surface area contributed by atoms with Crippen LogP contribution in [0.5, 0.6) is 0 Å². The van der Waals surface area contributed by atoms with Gasteiger partial charge in [0.2, 0.25) is 5.91 Å². The summed E-state index contributed by atoms with van der Waals surface area (Å²) in [4.78, 5) is 25.6. The molecule has 2 aliphatic rings. The first kappa shape index (κ1) is 15.7. The standard InChI is InChI=1S/C18H23N3O2/c22-17-9-4-14-21(16-7-2-1-3-8-16)20(15-17)13-6-12-19-11-5-10-18(19)23/h1-4,7-8,14H,5-6,9-13,15H2. The number of Topliss-reactive ketones (excluding diaryl/α,β-unsaturated/α-hetero) is 1. The molecule has 0 radical (unpaired) electrons. The average Bonchev–Trinajstić information content (AvgIpc) is 2.87. The van der Waals surface area contributed by atoms with Gasteiger partial charge >= 0.3 is 0 Å². The zero-order chi connectivity index (χ0) is 16.1. The molecule has 23 heavy (non-hydrogen) atoms. The van der Waals surface area contributed by atoms with Gasteiger partial charge in [-0.15, -0.1) is 0 Å². The quantitative estimate of drug-likeness (QED) is 0.836. The van der Waals surface area contributed by atoms with E-state index >= 15 is 0 Å². The molecule has 3 rings (SSSR count). The third kappa shape index (κ3) is 3.99. The number of hydrazine groups is 1. The molecule has 122 valence electrons. The van der Waals surface area contributed by atoms with E-state index in [1.165, 1.54) is 0 Å². The number of amides is 1. The van der Waals surface area contributed by atoms with Crippen molar-refractivity contribution >= 4 is 17.4 Å². The van der Waals surface area contributed by atoms with Gasteiger partial charge in [-0.3, -0.25) is 14.6 Å². The maximum absolute atomic E-state index is 12.0. The van der Waals surface area contributed by atoms with Gasteiger partial charge in [-0.1, -0.05) is 24.3 Å². The Morgan fingerprint density at radius 3 is 2.61 bits per heavy atom. The van der Waals surface area contributed by atoms with Gasteiger partial charge in [0.15, 0.2) is 5.78 Å². The number of carbonyl (C=O) groups is 2. The zero-order valence-electron chi connectivity index (χ0n) is 13.4. The van der Waals surface area contributed by atoms with Crippen molar-refractivity contribution in [3.05, 3.63) is 42.6 Å². The van der Waals surface area contributed by atoms with Gasteiger partial charge in [-0.25, -0.2) is 5.01 Å². The van der Waals surface area contributed by atoms with Crippen molar-refractivity contribution in [2.45, 2.75) is 25.7 Å². The van der Waals surface area contributed by atoms with Gasteiger partial charge in [-0.05, 0) is 25.0 Å². The second kappa shape index (κ2) is 7.42. The third-order valence-electron chi connectivity index (χ3n) is 4.29. The Hall–Kier alpha value is -2.14. The summed E-state index contributed by atoms with van der Waals surface area (Å²) in [5.74, 6) is 0.480. The molecule has 0 saturated carbocycles. The first-order valence-electron chi connectivity index (χ1n) is 8.29. The summed E-state index contributed by atoms with van der Waals surface area (Å²) in [6.07, 6.45) is 6.89. The fraction of sp³-hybridized carbons (Fsp3) is 0.444. The highest BCUT2D eigenvalue weighted by molar-refractivity contribution is 5.82. The van der Waals surface area contributed by atoms with E-state index in [1.54, 1.807) is 0 Å². The number of rotatable bonds is 5. The van der Waals surface area contributed by atoms with Crippen LogP contribution >= 0.6 is 0 Å². The molecule has 5 nitrogen and oxygen atoms in total. The molecule has 1 fully saturated rings. The largest absolute Gasteiger partial charge is 0.343 e. The van der Waals surface area contributed by atoms with Crippen LogP contribution in [0, 0.1) is 0 Å². The van der Waals surface area contributed by atoms with Gasteiger partial charge in [0.1, 0.15) is 0 Å². The van der Waals surface area contributed by atoms with Crippen molar-refractivity contribution in [1.29, 1.82) is 0 Å². The van der Waals surface area contributed by atoms with Crippen molar-refractivity contribution < 1.29 is 9.59 Å². The van der Waals surface area contributed by atoms with Crippen LogP contribution < -0.4 is 5.01 Å². The number of anilines is 1. The molecule has 0 unspecified atom stereocenters. The average molecular weight is 313 g/mol. The molecule has 1 aromatic rings. The topological polar surface area (TPSA) is 43.9 Å². The third-order valence-corrected chi connectivity index (χ3v) is 4.29. The molecule has 1 amide bonds. The monoisotopic (exact) mass is 313 g/mol. The van der Waals surface area contributed by atoms with Crippen molar-refractivity contribution in [3.8, 4) is 0 Å². The van der Waals surface area contributed by atoms with E-state index in [0.717, 1.165) is 38.2 Å². The molecule has 0 aromatic heterocycles. The maximum atomic E-state index is 12.0. The number of likely N-dealkylation sites (tertiary alicyclic amines) is 1. The van der Waals surface area contributed by atoms with Gasteiger partial charge in [0.05, 0.1) is 12.2 Å². The smallest absolute Gasteiger partial charge is 0.222 e. The van der Waals surface area contributed by atoms with Crippen LogP contribution in [0.25, 0.3) is 0 Å². The number of benzene rings is 1. The predicted molar refractivity (Wildman–Crippen MR) is 89.7 cm³/mol. The van der Waals surface area contributed by atoms with Gasteiger partial charge in [0.25, 0.3) is 0 Å². The minimum Gasteiger partial charge on any atom is -0.343 e. The van der Waals surface area contributed by atoms with E-state index in [9.17, 15) is 9.59 Å². The van der Waals surface area contributed by atoms with Crippen LogP contribution in [-0.4, -0.2) is 47.8 Å². The highest BCUT2D eigenvalue weighted by atomic mass is 16.2. The van der Waals surface area contributed by atoms with Gasteiger partial charge < -0.3 is 4.90 Å². The number of hydrogen-bond donors (Lipinski definition) is 0. The predicted octanol–water partition coefficient (Wildman–Crippen LogP) is 2.21. The van der Waals surface area contributed by atoms with Crippen LogP contribution in [0.4, 0.5) is 5.69 Å². The highest BCUT2D eigenvalue weighted by Gasteiger charge is 2.22. The highest BCUT2D eigenvalue weighted by Crippen LogP contribution is 2.19. The minimum atomic E-state index is 0.219. The fourth-order valence-electron chi connectivity index (χ4n) is 3.12. The lowest BCUT2D eigenvalue weighted by molar-refractivity contribution is -0.128. The maximum Gasteiger partial charge on any atom is 0.222 e. The van der Waals surface area contributed by atoms with Crippen LogP contribution in [-0.2, 0) is 9.59 Å². The first-order chi connectivity index (χ1) is 11.2. The molecular formula is C18H23N3O2. The normalized spacial score (nSPS) is 19.5. The second-order valence-corrected chi connectivity index (χ2v) is 6.03. The number of carbonyl (C=O) groups excluding carboxylic acids is 2. The SMILES string of the molecule is O=C1CC=CN(c2ccccc2)N(CCCN2CCCC2=O)C1. The molecule has 2 heterocycles. The van der Waals surface area contributed by atoms with Crippen LogP contribution in [0.3, 0.4) is 0 Å². The number of allylic oxidation sites excluding steroid dienone is 1. The Morgan fingerprint density at radius 2 is 1.87 bits per heavy atom. The van der Waals surface area contributed by atoms with Crippen molar-refractivity contribution in [1.82, 2.24) is 9.91 Å². The van der Waals surface area contributed by atoms with Crippen molar-refractivity contribution in [3.63, 3.8) is 0 Å². The van der Waals surface area contributed by atoms with E-state index in [0.29, 0.717) is 19.4 Å². The van der Waals surface area contributed by atoms with Crippen LogP contribution in [0.15, 0.2) is 42.6 Å². The first-order valence-corrected chi connectivity index (χ1v) is 8.29. The molecule has 0 bridgehead atoms. The van der Waals surface area contributed by atoms with Gasteiger partial charge in [0, 0.05) is 38.7 Å². The van der Waals surface area contributed by atoms with E-state index in [4.69, 9.17) is 0 Å². The molecule has 0 aliphatic carbocycles. The Kier molecular flexibility index (Phi) is 5.08. The van der Waals surface area contributed by atoms with E-state index in [-0.39, 0.29) is 11.7 Å². The van der Waals surface area contributed by atoms with Crippen molar-refractivity contribution in [2.24, 2.45) is 0 Å². The lowest BCUT2D eigenvalue weighted by Gasteiger charge is -2.33. The fourth-order valence-corrected chi connectivity index (χ4v) is 3.12. The van der Waals surface area contributed by atoms with Crippen molar-refractivity contribution in [2.75, 3.05) is 31.2 Å². The Morgan fingerprint density at radius 1 is 1.04 bits per heavy atom. The number of nitrogens with zero attached hydrogens (tertiary/aromatic N) is 3. The molecule has 2 aliphatic heterocycles. The molecule has 0 N–H and O–H groups in total. The molecule has 5 heteroatoms. The lowest BCUT2D eigenvalue weighted by Crippen LogP contribution is -2.43. The number of ketones is 1. The number of para-hydroxylation sites is 1. The summed E-state index contributed by atoms with van der Waals surface area (Å²) in [7, 11) is 0.